The van der Waals surface area contributed by atoms with Gasteiger partial charge >= 0.3 is 183 Å². The van der Waals surface area contributed by atoms with Crippen molar-refractivity contribution in [3.05, 3.63) is 51.8 Å². The monoisotopic (exact) mass is 527 g/mol. The first kappa shape index (κ1) is 21.2. The number of ketones is 3. The molecule has 0 amide bonds. The number of alkyl halides is 1. The van der Waals surface area contributed by atoms with Crippen molar-refractivity contribution in [1.29, 1.82) is 0 Å². The van der Waals surface area contributed by atoms with E-state index in [4.69, 9.17) is 4.74 Å². The van der Waals surface area contributed by atoms with Gasteiger partial charge in [0.05, 0.1) is 0 Å². The van der Waals surface area contributed by atoms with Crippen LogP contribution in [0.3, 0.4) is 0 Å². The summed E-state index contributed by atoms with van der Waals surface area (Å²) >= 11 is -1.57. The molecule has 4 atom stereocenters. The summed E-state index contributed by atoms with van der Waals surface area (Å²) in [5.74, 6) is -2.99. The number of hydrogen-bond donors (Lipinski definition) is 4. The maximum atomic E-state index is 13.3. The first-order valence-corrected chi connectivity index (χ1v) is 11.5. The summed E-state index contributed by atoms with van der Waals surface area (Å²) in [4.78, 5) is 38.5. The Morgan fingerprint density at radius 1 is 1.27 bits per heavy atom. The Morgan fingerprint density at radius 3 is 2.57 bits per heavy atom. The van der Waals surface area contributed by atoms with Gasteiger partial charge in [0.1, 0.15) is 0 Å². The molecule has 3 aliphatic rings. The van der Waals surface area contributed by atoms with Gasteiger partial charge < -0.3 is 0 Å². The molecule has 9 heteroatoms. The number of Topliss-reactive ketones (excluding diaryl/α,β-unsaturated/α-hetero) is 3. The first-order chi connectivity index (χ1) is 14.2. The van der Waals surface area contributed by atoms with Gasteiger partial charge in [0.15, 0.2) is 0 Å². The Labute approximate surface area is 182 Å². The molecule has 0 bridgehead atoms. The second-order valence-electron chi connectivity index (χ2n) is 7.76. The Hall–Kier alpha value is -2.08. The van der Waals surface area contributed by atoms with E-state index in [1.165, 1.54) is 26.2 Å². The predicted molar refractivity (Wildman–Crippen MR) is 98.7 cm³/mol. The number of hydrogen-bond acceptors (Lipinski definition) is 8. The van der Waals surface area contributed by atoms with Crippen LogP contribution in [0.25, 0.3) is 0 Å². The second-order valence-corrected chi connectivity index (χ2v) is 9.91. The molecule has 0 spiro atoms. The van der Waals surface area contributed by atoms with Gasteiger partial charge in [-0.1, -0.05) is 0 Å². The molecule has 30 heavy (non-hydrogen) atoms. The van der Waals surface area contributed by atoms with Gasteiger partial charge in [0.25, 0.3) is 0 Å². The Bertz CT molecular complexity index is 1060. The summed E-state index contributed by atoms with van der Waals surface area (Å²) in [5, 5.41) is 32.9. The molecule has 1 aromatic rings. The molecule has 0 saturated heterocycles. The number of aliphatic hydroxyl groups excluding tert-OH is 2. The topological polar surface area (TPSA) is 141 Å². The molecule has 160 valence electrons. The number of benzene rings is 1. The number of aliphatic hydroxyl groups is 3. The average Bonchev–Trinajstić information content (AvgIpc) is 2.73. The zero-order valence-corrected chi connectivity index (χ0v) is 18.3. The Morgan fingerprint density at radius 2 is 1.97 bits per heavy atom. The van der Waals surface area contributed by atoms with Crippen LogP contribution in [-0.4, -0.2) is 58.8 Å². The van der Waals surface area contributed by atoms with E-state index in [1.54, 1.807) is 6.07 Å². The van der Waals surface area contributed by atoms with E-state index in [2.05, 4.69) is 0 Å². The summed E-state index contributed by atoms with van der Waals surface area (Å²) in [6.45, 7) is 1.21. The number of halogens is 1. The summed E-state index contributed by atoms with van der Waals surface area (Å²) in [7, 11) is 1.36. The van der Waals surface area contributed by atoms with E-state index in [-0.39, 0.29) is 46.4 Å². The molecule has 0 aromatic heterocycles. The van der Waals surface area contributed by atoms with Gasteiger partial charge in [-0.05, 0) is 0 Å². The van der Waals surface area contributed by atoms with Crippen molar-refractivity contribution in [3.63, 3.8) is 0 Å². The molecular weight excluding hydrogens is 507 g/mol. The van der Waals surface area contributed by atoms with Crippen LogP contribution in [0, 0.1) is 5.92 Å². The normalized spacial score (nSPS) is 30.8. The average molecular weight is 527 g/mol. The number of rotatable bonds is 3. The molecule has 4 N–H and O–H groups in total. The number of carbonyl (C=O) groups excluding carboxylic acids is 3. The Balaban J connectivity index is 1.95. The van der Waals surface area contributed by atoms with Crippen molar-refractivity contribution in [1.82, 2.24) is 0 Å². The summed E-state index contributed by atoms with van der Waals surface area (Å²) < 4.78 is 14.5. The number of fused-ring (bicyclic) bond motifs is 2. The van der Waals surface area contributed by atoms with E-state index in [1.807, 2.05) is 0 Å². The molecule has 3 aliphatic carbocycles. The molecule has 0 aliphatic heterocycles. The van der Waals surface area contributed by atoms with E-state index in [0.29, 0.717) is 0 Å². The van der Waals surface area contributed by atoms with Gasteiger partial charge in [-0.2, -0.15) is 0 Å². The maximum absolute atomic E-state index is 13.3. The van der Waals surface area contributed by atoms with Crippen LogP contribution < -0.4 is 26.4 Å². The molecule has 4 rings (SSSR count). The van der Waals surface area contributed by atoms with Crippen molar-refractivity contribution < 1.29 is 59.5 Å². The van der Waals surface area contributed by atoms with Crippen molar-refractivity contribution in [2.75, 3.05) is 7.11 Å². The Kier molecular flexibility index (Phi) is 5.12. The zero-order valence-electron chi connectivity index (χ0n) is 16.2. The predicted octanol–water partition coefficient (Wildman–Crippen LogP) is -2.35. The summed E-state index contributed by atoms with van der Waals surface area (Å²) in [6, 6.07) is 4.51. The molecule has 8 nitrogen and oxygen atoms in total. The molecule has 1 fully saturated rings. The fourth-order valence-corrected chi connectivity index (χ4v) is 6.75. The van der Waals surface area contributed by atoms with Gasteiger partial charge in [0, 0.05) is 0 Å². The van der Waals surface area contributed by atoms with E-state index >= 15 is 0 Å². The first-order valence-electron chi connectivity index (χ1n) is 9.27. The third kappa shape index (κ3) is 2.79. The standard InChI is InChI=1S/C21H20IO8/c1-8(23)21(28)6-10-13(11(7-21)22-29)19(26)16-15(18(10)25)17(24)9-4-3-5-12(30-2)14(9)20(16)27/h3-5,11,13,19,25-26,28-29H,6-7H2,1-2H3/q-1/t11?,13?,19?,21-/m0/s1. The van der Waals surface area contributed by atoms with Crippen molar-refractivity contribution in [2.45, 2.75) is 35.4 Å². The van der Waals surface area contributed by atoms with Gasteiger partial charge in [-0.25, -0.2) is 0 Å². The van der Waals surface area contributed by atoms with E-state index in [9.17, 15) is 33.1 Å². The van der Waals surface area contributed by atoms with Crippen LogP contribution in [0.4, 0.5) is 0 Å². The van der Waals surface area contributed by atoms with Crippen LogP contribution in [0.5, 0.6) is 5.75 Å². The minimum absolute atomic E-state index is 0.0188. The van der Waals surface area contributed by atoms with Crippen LogP contribution in [0.15, 0.2) is 40.7 Å². The third-order valence-electron chi connectivity index (χ3n) is 6.22. The van der Waals surface area contributed by atoms with Crippen molar-refractivity contribution in [2.24, 2.45) is 5.92 Å². The summed E-state index contributed by atoms with van der Waals surface area (Å²) in [6.07, 6.45) is -1.83. The molecule has 1 saturated carbocycles. The van der Waals surface area contributed by atoms with Gasteiger partial charge in [-0.3, -0.25) is 0 Å². The number of ether oxygens (including phenoxy) is 1. The molecule has 3 unspecified atom stereocenters. The minimum atomic E-state index is -1.81. The molecule has 0 radical (unpaired) electrons. The quantitative estimate of drug-likeness (QED) is 0.253. The summed E-state index contributed by atoms with van der Waals surface area (Å²) in [5.41, 5.74) is -2.18. The molecule has 1 aromatic carbocycles. The van der Waals surface area contributed by atoms with E-state index in [0.717, 1.165) is 0 Å². The van der Waals surface area contributed by atoms with Crippen LogP contribution in [-0.2, 0) is 4.79 Å². The SMILES string of the molecule is COc1cccc2c1C(=O)C1=C(C2=O)C(O)=C2C[C@@](O)(C(C)=O)CC([I-]O)C2C1O. The number of allylic oxidation sites excluding steroid dienone is 1. The van der Waals surface area contributed by atoms with Crippen LogP contribution >= 0.6 is 0 Å². The third-order valence-corrected chi connectivity index (χ3v) is 8.15. The van der Waals surface area contributed by atoms with Gasteiger partial charge in [-0.15, -0.1) is 0 Å². The second kappa shape index (κ2) is 7.26. The molecule has 0 heterocycles. The fraction of sp³-hybridized carbons (Fsp3) is 0.381. The van der Waals surface area contributed by atoms with Crippen molar-refractivity contribution in [3.8, 4) is 5.75 Å². The number of carbonyl (C=O) groups is 3. The number of methoxy groups -OCH3 is 1. The molecular formula is C21H20IO8-. The fourth-order valence-electron chi connectivity index (χ4n) is 4.65. The zero-order chi connectivity index (χ0) is 22.0. The van der Waals surface area contributed by atoms with Crippen LogP contribution in [0.2, 0.25) is 0 Å². The van der Waals surface area contributed by atoms with Crippen LogP contribution in [0.1, 0.15) is 40.5 Å². The van der Waals surface area contributed by atoms with E-state index < -0.39 is 66.3 Å². The van der Waals surface area contributed by atoms with Crippen molar-refractivity contribution >= 4 is 17.3 Å². The van der Waals surface area contributed by atoms with Gasteiger partial charge in [0.2, 0.25) is 0 Å².